The average molecular weight is 441 g/mol. The number of esters is 1. The van der Waals surface area contributed by atoms with Crippen LogP contribution in [0.25, 0.3) is 28.3 Å². The fraction of sp³-hybridized carbons (Fsp3) is 0.100. The Balaban J connectivity index is 1.94. The quantitative estimate of drug-likeness (QED) is 0.435. The predicted molar refractivity (Wildman–Crippen MR) is 105 cm³/mol. The van der Waals surface area contributed by atoms with Gasteiger partial charge in [-0.2, -0.15) is 5.10 Å². The first-order valence-electron chi connectivity index (χ1n) is 8.51. The summed E-state index contributed by atoms with van der Waals surface area (Å²) in [4.78, 5) is 20.9. The standard InChI is InChI=1S/C20H14BrFN4O2/c1-2-28-20(27)17-10-18(15-5-3-4-8-23-15)26-19(24-17)11-16(25-26)13-7-6-12(21)9-14(13)22/h3-11H,2H2,1H3. The lowest BCUT2D eigenvalue weighted by Crippen LogP contribution is -2.10. The van der Waals surface area contributed by atoms with Gasteiger partial charge >= 0.3 is 5.97 Å². The van der Waals surface area contributed by atoms with Crippen molar-refractivity contribution in [3.05, 3.63) is 70.7 Å². The van der Waals surface area contributed by atoms with Crippen LogP contribution in [0.15, 0.2) is 59.2 Å². The van der Waals surface area contributed by atoms with Crippen molar-refractivity contribution in [1.82, 2.24) is 19.6 Å². The van der Waals surface area contributed by atoms with Crippen molar-refractivity contribution >= 4 is 27.5 Å². The van der Waals surface area contributed by atoms with Gasteiger partial charge in [-0.05, 0) is 43.3 Å². The third kappa shape index (κ3) is 3.38. The predicted octanol–water partition coefficient (Wildman–Crippen LogP) is 4.54. The molecule has 4 rings (SSSR count). The number of nitrogens with zero attached hydrogens (tertiary/aromatic N) is 4. The van der Waals surface area contributed by atoms with Crippen LogP contribution in [0.5, 0.6) is 0 Å². The molecule has 0 amide bonds. The first-order chi connectivity index (χ1) is 13.6. The van der Waals surface area contributed by atoms with Crippen molar-refractivity contribution in [2.24, 2.45) is 0 Å². The number of ether oxygens (including phenoxy) is 1. The lowest BCUT2D eigenvalue weighted by atomic mass is 10.1. The van der Waals surface area contributed by atoms with E-state index in [1.807, 2.05) is 6.07 Å². The summed E-state index contributed by atoms with van der Waals surface area (Å²) in [7, 11) is 0. The van der Waals surface area contributed by atoms with E-state index in [9.17, 15) is 9.18 Å². The fourth-order valence-electron chi connectivity index (χ4n) is 2.81. The zero-order valence-electron chi connectivity index (χ0n) is 14.8. The summed E-state index contributed by atoms with van der Waals surface area (Å²) in [6.07, 6.45) is 1.64. The summed E-state index contributed by atoms with van der Waals surface area (Å²) >= 11 is 3.25. The second-order valence-electron chi connectivity index (χ2n) is 5.89. The second kappa shape index (κ2) is 7.47. The first-order valence-corrected chi connectivity index (χ1v) is 9.31. The first kappa shape index (κ1) is 18.2. The number of hydrogen-bond acceptors (Lipinski definition) is 5. The van der Waals surface area contributed by atoms with Gasteiger partial charge in [0, 0.05) is 22.3 Å². The maximum absolute atomic E-state index is 14.4. The molecule has 28 heavy (non-hydrogen) atoms. The normalized spacial score (nSPS) is 11.0. The van der Waals surface area contributed by atoms with E-state index < -0.39 is 11.8 Å². The number of aromatic nitrogens is 4. The maximum Gasteiger partial charge on any atom is 0.357 e. The van der Waals surface area contributed by atoms with Gasteiger partial charge in [-0.15, -0.1) is 0 Å². The number of rotatable bonds is 4. The van der Waals surface area contributed by atoms with E-state index in [-0.39, 0.29) is 12.3 Å². The topological polar surface area (TPSA) is 69.4 Å². The van der Waals surface area contributed by atoms with Crippen molar-refractivity contribution < 1.29 is 13.9 Å². The lowest BCUT2D eigenvalue weighted by Gasteiger charge is -2.07. The molecule has 0 spiro atoms. The molecule has 0 aliphatic rings. The Morgan fingerprint density at radius 1 is 1.18 bits per heavy atom. The van der Waals surface area contributed by atoms with Crippen LogP contribution >= 0.6 is 15.9 Å². The van der Waals surface area contributed by atoms with Crippen LogP contribution in [0.3, 0.4) is 0 Å². The molecule has 1 aromatic carbocycles. The molecule has 140 valence electrons. The molecular formula is C20H14BrFN4O2. The summed E-state index contributed by atoms with van der Waals surface area (Å²) in [6, 6.07) is 13.4. The third-order valence-electron chi connectivity index (χ3n) is 4.05. The van der Waals surface area contributed by atoms with Crippen molar-refractivity contribution in [3.63, 3.8) is 0 Å². The van der Waals surface area contributed by atoms with Gasteiger partial charge in [-0.25, -0.2) is 18.7 Å². The van der Waals surface area contributed by atoms with Gasteiger partial charge in [0.25, 0.3) is 0 Å². The van der Waals surface area contributed by atoms with E-state index in [0.29, 0.717) is 32.8 Å². The van der Waals surface area contributed by atoms with Gasteiger partial charge in [0.2, 0.25) is 0 Å². The van der Waals surface area contributed by atoms with Gasteiger partial charge in [-0.1, -0.05) is 22.0 Å². The van der Waals surface area contributed by atoms with E-state index in [1.165, 1.54) is 6.07 Å². The van der Waals surface area contributed by atoms with Gasteiger partial charge in [-0.3, -0.25) is 4.98 Å². The fourth-order valence-corrected chi connectivity index (χ4v) is 3.14. The SMILES string of the molecule is CCOC(=O)c1cc(-c2ccccn2)n2nc(-c3ccc(Br)cc3F)cc2n1. The van der Waals surface area contributed by atoms with Crippen LogP contribution in [0.2, 0.25) is 0 Å². The molecule has 0 N–H and O–H groups in total. The Morgan fingerprint density at radius 2 is 2.04 bits per heavy atom. The van der Waals surface area contributed by atoms with Crippen LogP contribution in [-0.4, -0.2) is 32.2 Å². The molecule has 0 saturated carbocycles. The van der Waals surface area contributed by atoms with Gasteiger partial charge in [0.1, 0.15) is 5.82 Å². The number of carbonyl (C=O) groups excluding carboxylic acids is 1. The molecule has 8 heteroatoms. The molecule has 0 bridgehead atoms. The molecule has 3 aromatic heterocycles. The van der Waals surface area contributed by atoms with Crippen molar-refractivity contribution in [1.29, 1.82) is 0 Å². The highest BCUT2D eigenvalue weighted by Crippen LogP contribution is 2.27. The molecule has 0 atom stereocenters. The van der Waals surface area contributed by atoms with E-state index in [0.717, 1.165) is 0 Å². The zero-order chi connectivity index (χ0) is 19.7. The van der Waals surface area contributed by atoms with Gasteiger partial charge < -0.3 is 4.74 Å². The summed E-state index contributed by atoms with van der Waals surface area (Å²) in [6.45, 7) is 1.96. The summed E-state index contributed by atoms with van der Waals surface area (Å²) < 4.78 is 21.7. The molecule has 3 heterocycles. The minimum absolute atomic E-state index is 0.137. The van der Waals surface area contributed by atoms with E-state index in [2.05, 4.69) is 31.0 Å². The Bertz CT molecular complexity index is 1180. The van der Waals surface area contributed by atoms with Crippen LogP contribution < -0.4 is 0 Å². The Kier molecular flexibility index (Phi) is 4.87. The van der Waals surface area contributed by atoms with Crippen molar-refractivity contribution in [2.75, 3.05) is 6.61 Å². The van der Waals surface area contributed by atoms with Crippen LogP contribution in [0, 0.1) is 5.82 Å². The molecule has 0 radical (unpaired) electrons. The maximum atomic E-state index is 14.4. The molecule has 0 unspecified atom stereocenters. The number of pyridine rings is 1. The van der Waals surface area contributed by atoms with Crippen LogP contribution in [-0.2, 0) is 4.74 Å². The molecule has 0 aliphatic heterocycles. The Morgan fingerprint density at radius 3 is 2.75 bits per heavy atom. The summed E-state index contributed by atoms with van der Waals surface area (Å²) in [5.41, 5.74) is 2.42. The number of carbonyl (C=O) groups is 1. The third-order valence-corrected chi connectivity index (χ3v) is 4.54. The molecule has 0 saturated heterocycles. The average Bonchev–Trinajstić information content (AvgIpc) is 3.11. The van der Waals surface area contributed by atoms with Crippen molar-refractivity contribution in [2.45, 2.75) is 6.92 Å². The minimum Gasteiger partial charge on any atom is -0.461 e. The van der Waals surface area contributed by atoms with E-state index >= 15 is 0 Å². The van der Waals surface area contributed by atoms with E-state index in [4.69, 9.17) is 4.74 Å². The molecule has 4 aromatic rings. The number of fused-ring (bicyclic) bond motifs is 1. The van der Waals surface area contributed by atoms with Crippen LogP contribution in [0.1, 0.15) is 17.4 Å². The number of benzene rings is 1. The minimum atomic E-state index is -0.542. The number of halogens is 2. The second-order valence-corrected chi connectivity index (χ2v) is 6.80. The molecule has 6 nitrogen and oxygen atoms in total. The zero-order valence-corrected chi connectivity index (χ0v) is 16.4. The molecule has 0 aliphatic carbocycles. The highest BCUT2D eigenvalue weighted by atomic mass is 79.9. The highest BCUT2D eigenvalue weighted by molar-refractivity contribution is 9.10. The highest BCUT2D eigenvalue weighted by Gasteiger charge is 2.18. The van der Waals surface area contributed by atoms with Gasteiger partial charge in [0.05, 0.1) is 23.7 Å². The smallest absolute Gasteiger partial charge is 0.357 e. The van der Waals surface area contributed by atoms with Crippen molar-refractivity contribution in [3.8, 4) is 22.6 Å². The summed E-state index contributed by atoms with van der Waals surface area (Å²) in [5.74, 6) is -0.956. The Hall–Kier alpha value is -3.13. The Labute approximate surface area is 168 Å². The molecule has 0 fully saturated rings. The summed E-state index contributed by atoms with van der Waals surface area (Å²) in [5, 5.41) is 4.50. The lowest BCUT2D eigenvalue weighted by molar-refractivity contribution is 0.0519. The van der Waals surface area contributed by atoms with Gasteiger partial charge in [0.15, 0.2) is 11.3 Å². The van der Waals surface area contributed by atoms with E-state index in [1.54, 1.807) is 54.0 Å². The number of hydrogen-bond donors (Lipinski definition) is 0. The monoisotopic (exact) mass is 440 g/mol. The molecular weight excluding hydrogens is 427 g/mol. The van der Waals surface area contributed by atoms with Crippen LogP contribution in [0.4, 0.5) is 4.39 Å². The largest absolute Gasteiger partial charge is 0.461 e.